The summed E-state index contributed by atoms with van der Waals surface area (Å²) in [4.78, 5) is 15.3. The van der Waals surface area contributed by atoms with Gasteiger partial charge in [0.05, 0.1) is 29.0 Å². The zero-order valence-electron chi connectivity index (χ0n) is 16.0. The van der Waals surface area contributed by atoms with Crippen molar-refractivity contribution in [3.05, 3.63) is 48.0 Å². The molecule has 1 fully saturated rings. The molecule has 3 heterocycles. The Morgan fingerprint density at radius 3 is 2.73 bits per heavy atom. The number of carbonyl (C=O) groups is 1. The second-order valence-electron chi connectivity index (χ2n) is 7.65. The number of primary amides is 1. The first-order chi connectivity index (χ1) is 14.1. The largest absolute Gasteiger partial charge is 0.433 e. The van der Waals surface area contributed by atoms with Crippen LogP contribution >= 0.6 is 0 Å². The molecular formula is C20H19F4N5O. The predicted octanol–water partition coefficient (Wildman–Crippen LogP) is 4.21. The van der Waals surface area contributed by atoms with Crippen molar-refractivity contribution >= 4 is 17.1 Å². The van der Waals surface area contributed by atoms with Crippen LogP contribution in [0.2, 0.25) is 0 Å². The van der Waals surface area contributed by atoms with Gasteiger partial charge in [0.25, 0.3) is 5.91 Å². The number of nitrogens with two attached hydrogens (primary N) is 1. The summed E-state index contributed by atoms with van der Waals surface area (Å²) in [6.45, 7) is 1.50. The lowest BCUT2D eigenvalue weighted by Gasteiger charge is -2.26. The van der Waals surface area contributed by atoms with E-state index >= 15 is 0 Å². The second kappa shape index (κ2) is 6.96. The van der Waals surface area contributed by atoms with Crippen LogP contribution in [0, 0.1) is 0 Å². The second-order valence-corrected chi connectivity index (χ2v) is 7.65. The Morgan fingerprint density at radius 1 is 1.33 bits per heavy atom. The van der Waals surface area contributed by atoms with Crippen molar-refractivity contribution in [2.45, 2.75) is 44.1 Å². The highest BCUT2D eigenvalue weighted by atomic mass is 19.4. The number of hydrogen-bond acceptors (Lipinski definition) is 4. The number of fused-ring (bicyclic) bond motifs is 1. The highest BCUT2D eigenvalue weighted by molar-refractivity contribution is 6.02. The molecule has 4 rings (SSSR count). The van der Waals surface area contributed by atoms with Crippen LogP contribution in [0.25, 0.3) is 16.6 Å². The molecule has 0 unspecified atom stereocenters. The Hall–Kier alpha value is -3.17. The van der Waals surface area contributed by atoms with Crippen LogP contribution in [0.1, 0.15) is 42.2 Å². The number of anilines is 1. The molecule has 1 saturated carbocycles. The number of aromatic nitrogens is 3. The summed E-state index contributed by atoms with van der Waals surface area (Å²) in [5.74, 6) is -0.739. The molecule has 0 bridgehead atoms. The Labute approximate surface area is 169 Å². The SMILES string of the molecule is C[C@]1(F)CCC[C@H]1Nc1c(C(N)=O)cnn2cc(-c3ccnc(C(F)(F)F)c3)cc12. The predicted molar refractivity (Wildman–Crippen MR) is 103 cm³/mol. The number of pyridine rings is 1. The van der Waals surface area contributed by atoms with Crippen LogP contribution in [0.3, 0.4) is 0 Å². The first-order valence-electron chi connectivity index (χ1n) is 9.36. The quantitative estimate of drug-likeness (QED) is 0.618. The van der Waals surface area contributed by atoms with Gasteiger partial charge in [0.2, 0.25) is 0 Å². The number of nitrogens with zero attached hydrogens (tertiary/aromatic N) is 3. The summed E-state index contributed by atoms with van der Waals surface area (Å²) in [6, 6.07) is 3.44. The average Bonchev–Trinajstić information content (AvgIpc) is 3.24. The van der Waals surface area contributed by atoms with Crippen molar-refractivity contribution in [1.82, 2.24) is 14.6 Å². The van der Waals surface area contributed by atoms with Crippen LogP contribution < -0.4 is 11.1 Å². The third kappa shape index (κ3) is 3.57. The summed E-state index contributed by atoms with van der Waals surface area (Å²) in [6.07, 6.45) is 0.960. The maximum Gasteiger partial charge on any atom is 0.433 e. The lowest BCUT2D eigenvalue weighted by molar-refractivity contribution is -0.141. The zero-order valence-corrected chi connectivity index (χ0v) is 16.0. The zero-order chi connectivity index (χ0) is 21.7. The number of nitrogens with one attached hydrogen (secondary N) is 1. The Kier molecular flexibility index (Phi) is 4.67. The number of rotatable bonds is 4. The van der Waals surface area contributed by atoms with Gasteiger partial charge in [-0.15, -0.1) is 0 Å². The molecule has 0 spiro atoms. The molecule has 1 aliphatic rings. The third-order valence-corrected chi connectivity index (χ3v) is 5.49. The molecule has 3 aromatic heterocycles. The molecule has 3 aromatic rings. The number of amides is 1. The van der Waals surface area contributed by atoms with E-state index in [1.54, 1.807) is 6.07 Å². The van der Waals surface area contributed by atoms with Gasteiger partial charge < -0.3 is 11.1 Å². The summed E-state index contributed by atoms with van der Waals surface area (Å²) < 4.78 is 55.3. The van der Waals surface area contributed by atoms with E-state index in [0.29, 0.717) is 36.0 Å². The van der Waals surface area contributed by atoms with E-state index in [4.69, 9.17) is 5.73 Å². The highest BCUT2D eigenvalue weighted by Crippen LogP contribution is 2.38. The Bertz CT molecular complexity index is 1120. The fourth-order valence-corrected chi connectivity index (χ4v) is 3.84. The van der Waals surface area contributed by atoms with Gasteiger partial charge in [-0.2, -0.15) is 18.3 Å². The fourth-order valence-electron chi connectivity index (χ4n) is 3.84. The van der Waals surface area contributed by atoms with Crippen molar-refractivity contribution < 1.29 is 22.4 Å². The number of alkyl halides is 4. The average molecular weight is 421 g/mol. The molecule has 30 heavy (non-hydrogen) atoms. The van der Waals surface area contributed by atoms with Crippen LogP contribution in [0.5, 0.6) is 0 Å². The minimum atomic E-state index is -4.58. The molecular weight excluding hydrogens is 402 g/mol. The van der Waals surface area contributed by atoms with Gasteiger partial charge in [-0.1, -0.05) is 0 Å². The molecule has 1 aliphatic carbocycles. The van der Waals surface area contributed by atoms with E-state index in [9.17, 15) is 22.4 Å². The van der Waals surface area contributed by atoms with Crippen molar-refractivity contribution in [1.29, 1.82) is 0 Å². The monoisotopic (exact) mass is 421 g/mol. The van der Waals surface area contributed by atoms with E-state index in [1.807, 2.05) is 0 Å². The topological polar surface area (TPSA) is 85.3 Å². The van der Waals surface area contributed by atoms with Gasteiger partial charge in [0, 0.05) is 18.0 Å². The molecule has 3 N–H and O–H groups in total. The van der Waals surface area contributed by atoms with Crippen LogP contribution in [0.15, 0.2) is 36.8 Å². The van der Waals surface area contributed by atoms with E-state index in [-0.39, 0.29) is 11.1 Å². The van der Waals surface area contributed by atoms with E-state index in [2.05, 4.69) is 15.4 Å². The number of hydrogen-bond donors (Lipinski definition) is 2. The van der Waals surface area contributed by atoms with Crippen LogP contribution in [-0.2, 0) is 6.18 Å². The van der Waals surface area contributed by atoms with Crippen molar-refractivity contribution in [2.75, 3.05) is 5.32 Å². The Balaban J connectivity index is 1.82. The van der Waals surface area contributed by atoms with Gasteiger partial charge in [-0.05, 0) is 49.9 Å². The molecule has 6 nitrogen and oxygen atoms in total. The van der Waals surface area contributed by atoms with E-state index in [1.165, 1.54) is 29.9 Å². The minimum absolute atomic E-state index is 0.0839. The summed E-state index contributed by atoms with van der Waals surface area (Å²) >= 11 is 0. The maximum atomic E-state index is 14.8. The van der Waals surface area contributed by atoms with Gasteiger partial charge in [-0.25, -0.2) is 8.91 Å². The normalized spacial score (nSPS) is 21.8. The van der Waals surface area contributed by atoms with Gasteiger partial charge >= 0.3 is 6.18 Å². The lowest BCUT2D eigenvalue weighted by Crippen LogP contribution is -2.36. The molecule has 0 aliphatic heterocycles. The smallest absolute Gasteiger partial charge is 0.377 e. The maximum absolute atomic E-state index is 14.8. The lowest BCUT2D eigenvalue weighted by atomic mass is 10.0. The van der Waals surface area contributed by atoms with Crippen molar-refractivity contribution in [3.8, 4) is 11.1 Å². The summed E-state index contributed by atoms with van der Waals surface area (Å²) in [5.41, 5.74) is 4.53. The van der Waals surface area contributed by atoms with E-state index < -0.39 is 29.5 Å². The number of carbonyl (C=O) groups excluding carboxylic acids is 1. The minimum Gasteiger partial charge on any atom is -0.377 e. The van der Waals surface area contributed by atoms with Crippen LogP contribution in [0.4, 0.5) is 23.2 Å². The molecule has 2 atom stereocenters. The van der Waals surface area contributed by atoms with Gasteiger partial charge in [0.1, 0.15) is 11.4 Å². The fraction of sp³-hybridized carbons (Fsp3) is 0.350. The molecule has 158 valence electrons. The molecule has 10 heteroatoms. The molecule has 0 saturated heterocycles. The van der Waals surface area contributed by atoms with Crippen LogP contribution in [-0.4, -0.2) is 32.2 Å². The van der Waals surface area contributed by atoms with Gasteiger partial charge in [0.15, 0.2) is 0 Å². The molecule has 0 radical (unpaired) electrons. The number of halogens is 4. The highest BCUT2D eigenvalue weighted by Gasteiger charge is 2.39. The summed E-state index contributed by atoms with van der Waals surface area (Å²) in [5, 5.41) is 7.23. The third-order valence-electron chi connectivity index (χ3n) is 5.49. The first-order valence-corrected chi connectivity index (χ1v) is 9.36. The summed E-state index contributed by atoms with van der Waals surface area (Å²) in [7, 11) is 0. The van der Waals surface area contributed by atoms with Crippen molar-refractivity contribution in [2.24, 2.45) is 5.73 Å². The van der Waals surface area contributed by atoms with Gasteiger partial charge in [-0.3, -0.25) is 9.78 Å². The Morgan fingerprint density at radius 2 is 2.10 bits per heavy atom. The molecule has 0 aromatic carbocycles. The van der Waals surface area contributed by atoms with E-state index in [0.717, 1.165) is 12.3 Å². The standard InChI is InChI=1S/C20H19F4N5O/c1-19(21)5-2-3-15(19)28-17-13(18(25)30)9-27-29-10-12(7-14(17)29)11-4-6-26-16(8-11)20(22,23)24/h4,6-10,15,28H,2-3,5H2,1H3,(H2,25,30)/t15-,19+/m1/s1. The van der Waals surface area contributed by atoms with Crippen molar-refractivity contribution in [3.63, 3.8) is 0 Å². The first kappa shape index (κ1) is 20.1. The molecule has 1 amide bonds.